The van der Waals surface area contributed by atoms with Gasteiger partial charge in [-0.1, -0.05) is 0 Å². The molecule has 1 heterocycles. The van der Waals surface area contributed by atoms with Crippen molar-refractivity contribution in [1.82, 2.24) is 5.32 Å². The van der Waals surface area contributed by atoms with Crippen molar-refractivity contribution in [2.75, 3.05) is 11.9 Å². The largest absolute Gasteiger partial charge is 0.378 e. The number of nitrogens with one attached hydrogen (secondary N) is 2. The fourth-order valence-electron chi connectivity index (χ4n) is 1.77. The monoisotopic (exact) mass is 244 g/mol. The normalized spacial score (nSPS) is 19.2. The molecule has 0 aromatic heterocycles. The van der Waals surface area contributed by atoms with Crippen LogP contribution in [0.25, 0.3) is 0 Å². The van der Waals surface area contributed by atoms with E-state index in [4.69, 9.17) is 0 Å². The summed E-state index contributed by atoms with van der Waals surface area (Å²) in [4.78, 5) is 10.9. The molecule has 1 aromatic rings. The smallest absolute Gasteiger partial charge is 0.220 e. The third-order valence-corrected chi connectivity index (χ3v) is 2.62. The van der Waals surface area contributed by atoms with Gasteiger partial charge in [0.1, 0.15) is 11.5 Å². The third-order valence-electron chi connectivity index (χ3n) is 2.62. The molecule has 0 radical (unpaired) electrons. The van der Waals surface area contributed by atoms with Crippen LogP contribution in [0.5, 0.6) is 0 Å². The summed E-state index contributed by atoms with van der Waals surface area (Å²) < 4.78 is 39.1. The van der Waals surface area contributed by atoms with E-state index in [0.29, 0.717) is 25.0 Å². The maximum Gasteiger partial charge on any atom is 0.220 e. The van der Waals surface area contributed by atoms with Gasteiger partial charge in [0.25, 0.3) is 0 Å². The van der Waals surface area contributed by atoms with E-state index >= 15 is 0 Å². The molecule has 2 N–H and O–H groups in total. The Morgan fingerprint density at radius 1 is 1.29 bits per heavy atom. The Labute approximate surface area is 96.0 Å². The van der Waals surface area contributed by atoms with Crippen molar-refractivity contribution in [3.63, 3.8) is 0 Å². The molecule has 0 aliphatic carbocycles. The molecule has 17 heavy (non-hydrogen) atoms. The number of benzene rings is 1. The van der Waals surface area contributed by atoms with Crippen LogP contribution in [0.1, 0.15) is 12.8 Å². The number of hydrogen-bond donors (Lipinski definition) is 2. The average molecular weight is 244 g/mol. The van der Waals surface area contributed by atoms with Crippen molar-refractivity contribution in [3.8, 4) is 0 Å². The van der Waals surface area contributed by atoms with Crippen molar-refractivity contribution < 1.29 is 18.0 Å². The van der Waals surface area contributed by atoms with Crippen LogP contribution >= 0.6 is 0 Å². The molecule has 1 atom stereocenters. The molecule has 2 rings (SSSR count). The summed E-state index contributed by atoms with van der Waals surface area (Å²) in [5.74, 6) is -2.99. The van der Waals surface area contributed by atoms with Gasteiger partial charge < -0.3 is 10.6 Å². The molecule has 1 fully saturated rings. The summed E-state index contributed by atoms with van der Waals surface area (Å²) in [6, 6.07) is 1.07. The SMILES string of the molecule is O=C1CCC(CNc2c(F)cc(F)cc2F)N1. The van der Waals surface area contributed by atoms with E-state index in [1.54, 1.807) is 0 Å². The number of anilines is 1. The van der Waals surface area contributed by atoms with Crippen LogP contribution in [0.15, 0.2) is 12.1 Å². The number of amides is 1. The van der Waals surface area contributed by atoms with Gasteiger partial charge in [0.2, 0.25) is 5.91 Å². The Bertz CT molecular complexity index is 427. The average Bonchev–Trinajstić information content (AvgIpc) is 2.62. The van der Waals surface area contributed by atoms with Crippen LogP contribution in [0.4, 0.5) is 18.9 Å². The lowest BCUT2D eigenvalue weighted by Crippen LogP contribution is -2.32. The van der Waals surface area contributed by atoms with Crippen LogP contribution in [0, 0.1) is 17.5 Å². The van der Waals surface area contributed by atoms with Crippen LogP contribution in [0.3, 0.4) is 0 Å². The van der Waals surface area contributed by atoms with Gasteiger partial charge in [0, 0.05) is 31.1 Å². The molecule has 3 nitrogen and oxygen atoms in total. The molecule has 1 saturated heterocycles. The van der Waals surface area contributed by atoms with E-state index in [-0.39, 0.29) is 24.2 Å². The van der Waals surface area contributed by atoms with E-state index in [9.17, 15) is 18.0 Å². The second-order valence-corrected chi connectivity index (χ2v) is 3.93. The molecule has 1 aliphatic heterocycles. The lowest BCUT2D eigenvalue weighted by atomic mass is 10.2. The highest BCUT2D eigenvalue weighted by Gasteiger charge is 2.21. The molecule has 1 aromatic carbocycles. The quantitative estimate of drug-likeness (QED) is 0.851. The standard InChI is InChI=1S/C11H11F3N2O/c12-6-3-8(13)11(9(14)4-6)15-5-7-1-2-10(17)16-7/h3-4,7,15H,1-2,5H2,(H,16,17). The summed E-state index contributed by atoms with van der Waals surface area (Å²) in [5, 5.41) is 5.19. The van der Waals surface area contributed by atoms with Gasteiger partial charge in [0.15, 0.2) is 11.6 Å². The van der Waals surface area contributed by atoms with E-state index in [1.165, 1.54) is 0 Å². The molecule has 1 aliphatic rings. The molecule has 0 spiro atoms. The third kappa shape index (κ3) is 2.69. The van der Waals surface area contributed by atoms with Gasteiger partial charge in [-0.2, -0.15) is 0 Å². The van der Waals surface area contributed by atoms with E-state index in [1.807, 2.05) is 0 Å². The van der Waals surface area contributed by atoms with Gasteiger partial charge in [-0.25, -0.2) is 13.2 Å². The predicted octanol–water partition coefficient (Wildman–Crippen LogP) is 1.79. The fraction of sp³-hybridized carbons (Fsp3) is 0.364. The van der Waals surface area contributed by atoms with E-state index in [0.717, 1.165) is 0 Å². The van der Waals surface area contributed by atoms with Crippen molar-refractivity contribution in [2.24, 2.45) is 0 Å². The molecular weight excluding hydrogens is 233 g/mol. The van der Waals surface area contributed by atoms with Crippen LogP contribution in [-0.2, 0) is 4.79 Å². The Hall–Kier alpha value is -1.72. The molecule has 0 saturated carbocycles. The zero-order valence-corrected chi connectivity index (χ0v) is 8.90. The predicted molar refractivity (Wildman–Crippen MR) is 56.0 cm³/mol. The lowest BCUT2D eigenvalue weighted by Gasteiger charge is -2.13. The van der Waals surface area contributed by atoms with Crippen molar-refractivity contribution in [1.29, 1.82) is 0 Å². The first-order valence-electron chi connectivity index (χ1n) is 5.24. The Kier molecular flexibility index (Phi) is 3.21. The molecule has 92 valence electrons. The summed E-state index contributed by atoms with van der Waals surface area (Å²) in [6.07, 6.45) is 1.04. The molecule has 6 heteroatoms. The van der Waals surface area contributed by atoms with E-state index < -0.39 is 17.5 Å². The first kappa shape index (κ1) is 11.8. The van der Waals surface area contributed by atoms with Crippen LogP contribution in [-0.4, -0.2) is 18.5 Å². The van der Waals surface area contributed by atoms with Crippen LogP contribution < -0.4 is 10.6 Å². The van der Waals surface area contributed by atoms with Crippen molar-refractivity contribution in [2.45, 2.75) is 18.9 Å². The first-order valence-corrected chi connectivity index (χ1v) is 5.24. The first-order chi connectivity index (χ1) is 8.06. The zero-order valence-electron chi connectivity index (χ0n) is 8.90. The van der Waals surface area contributed by atoms with Gasteiger partial charge >= 0.3 is 0 Å². The topological polar surface area (TPSA) is 41.1 Å². The Balaban J connectivity index is 2.01. The highest BCUT2D eigenvalue weighted by atomic mass is 19.1. The summed E-state index contributed by atoms with van der Waals surface area (Å²) >= 11 is 0. The summed E-state index contributed by atoms with van der Waals surface area (Å²) in [5.41, 5.74) is -0.368. The fourth-order valence-corrected chi connectivity index (χ4v) is 1.77. The zero-order chi connectivity index (χ0) is 12.4. The summed E-state index contributed by atoms with van der Waals surface area (Å²) in [6.45, 7) is 0.214. The highest BCUT2D eigenvalue weighted by Crippen LogP contribution is 2.20. The second-order valence-electron chi connectivity index (χ2n) is 3.93. The highest BCUT2D eigenvalue weighted by molar-refractivity contribution is 5.78. The Morgan fingerprint density at radius 3 is 2.47 bits per heavy atom. The lowest BCUT2D eigenvalue weighted by molar-refractivity contribution is -0.119. The minimum atomic E-state index is -0.980. The van der Waals surface area contributed by atoms with Gasteiger partial charge in [-0.3, -0.25) is 4.79 Å². The number of halogens is 3. The van der Waals surface area contributed by atoms with Gasteiger partial charge in [-0.05, 0) is 6.42 Å². The number of carbonyl (C=O) groups excluding carboxylic acids is 1. The summed E-state index contributed by atoms with van der Waals surface area (Å²) in [7, 11) is 0. The molecule has 1 unspecified atom stereocenters. The second kappa shape index (κ2) is 4.65. The van der Waals surface area contributed by atoms with Gasteiger partial charge in [-0.15, -0.1) is 0 Å². The van der Waals surface area contributed by atoms with Crippen molar-refractivity contribution in [3.05, 3.63) is 29.6 Å². The minimum Gasteiger partial charge on any atom is -0.378 e. The van der Waals surface area contributed by atoms with Crippen molar-refractivity contribution >= 4 is 11.6 Å². The van der Waals surface area contributed by atoms with E-state index in [2.05, 4.69) is 10.6 Å². The van der Waals surface area contributed by atoms with Crippen LogP contribution in [0.2, 0.25) is 0 Å². The van der Waals surface area contributed by atoms with Gasteiger partial charge in [0.05, 0.1) is 0 Å². The maximum absolute atomic E-state index is 13.2. The number of rotatable bonds is 3. The molecule has 1 amide bonds. The minimum absolute atomic E-state index is 0.0724. The number of hydrogen-bond acceptors (Lipinski definition) is 2. The molecular formula is C11H11F3N2O. The number of carbonyl (C=O) groups is 1. The maximum atomic E-state index is 13.2. The molecule has 0 bridgehead atoms. The Morgan fingerprint density at radius 2 is 1.94 bits per heavy atom.